The van der Waals surface area contributed by atoms with Crippen molar-refractivity contribution in [3.8, 4) is 0 Å². The van der Waals surface area contributed by atoms with Gasteiger partial charge in [-0.1, -0.05) is 6.07 Å². The van der Waals surface area contributed by atoms with Gasteiger partial charge in [-0.25, -0.2) is 9.78 Å². The number of piperazine rings is 1. The van der Waals surface area contributed by atoms with E-state index in [4.69, 9.17) is 0 Å². The number of hydrogen-bond acceptors (Lipinski definition) is 5. The summed E-state index contributed by atoms with van der Waals surface area (Å²) in [5.74, 6) is 0. The molecule has 1 aliphatic heterocycles. The molecular weight excluding hydrogens is 322 g/mol. The minimum absolute atomic E-state index is 0.00735. The van der Waals surface area contributed by atoms with Crippen LogP contribution in [0, 0.1) is 6.92 Å². The lowest BCUT2D eigenvalue weighted by molar-refractivity contribution is 0.112. The van der Waals surface area contributed by atoms with Crippen LogP contribution in [0.4, 0.5) is 4.79 Å². The van der Waals surface area contributed by atoms with Crippen molar-refractivity contribution < 1.29 is 4.79 Å². The number of aryl methyl sites for hydroxylation is 1. The molecule has 128 valence electrons. The molecule has 24 heavy (non-hydrogen) atoms. The van der Waals surface area contributed by atoms with Crippen molar-refractivity contribution in [1.82, 2.24) is 25.1 Å². The number of thiazole rings is 1. The molecule has 2 amide bonds. The molecule has 6 nitrogen and oxygen atoms in total. The second kappa shape index (κ2) is 7.72. The number of rotatable bonds is 4. The van der Waals surface area contributed by atoms with Crippen LogP contribution in [0.3, 0.4) is 0 Å². The van der Waals surface area contributed by atoms with Crippen LogP contribution in [0.2, 0.25) is 0 Å². The van der Waals surface area contributed by atoms with Crippen LogP contribution in [-0.4, -0.2) is 52.0 Å². The molecule has 1 aliphatic rings. The van der Waals surface area contributed by atoms with Crippen LogP contribution >= 0.6 is 11.3 Å². The molecule has 7 heteroatoms. The summed E-state index contributed by atoms with van der Waals surface area (Å²) >= 11 is 1.58. The molecule has 1 fully saturated rings. The molecule has 0 aliphatic carbocycles. The Labute approximate surface area is 146 Å². The normalized spacial score (nSPS) is 16.8. The Morgan fingerprint density at radius 2 is 2.08 bits per heavy atom. The van der Waals surface area contributed by atoms with Gasteiger partial charge in [-0.05, 0) is 26.0 Å². The number of nitrogens with one attached hydrogen (secondary N) is 1. The molecule has 1 N–H and O–H groups in total. The van der Waals surface area contributed by atoms with Gasteiger partial charge in [0.05, 0.1) is 23.4 Å². The number of aromatic nitrogens is 2. The average molecular weight is 345 g/mol. The fraction of sp³-hybridized carbons (Fsp3) is 0.471. The summed E-state index contributed by atoms with van der Waals surface area (Å²) in [5.41, 5.74) is 3.89. The van der Waals surface area contributed by atoms with Crippen molar-refractivity contribution in [3.05, 3.63) is 46.2 Å². The first-order valence-corrected chi connectivity index (χ1v) is 9.10. The van der Waals surface area contributed by atoms with Crippen LogP contribution in [0.1, 0.15) is 29.2 Å². The predicted octanol–water partition coefficient (Wildman–Crippen LogP) is 2.43. The molecule has 1 saturated heterocycles. The summed E-state index contributed by atoms with van der Waals surface area (Å²) in [7, 11) is 0. The van der Waals surface area contributed by atoms with Gasteiger partial charge >= 0.3 is 6.03 Å². The van der Waals surface area contributed by atoms with E-state index in [1.165, 1.54) is 0 Å². The fourth-order valence-electron chi connectivity index (χ4n) is 2.89. The Hall–Kier alpha value is -1.99. The van der Waals surface area contributed by atoms with Crippen LogP contribution in [0.5, 0.6) is 0 Å². The van der Waals surface area contributed by atoms with E-state index in [1.54, 1.807) is 11.3 Å². The Bertz CT molecular complexity index is 667. The smallest absolute Gasteiger partial charge is 0.317 e. The molecule has 1 atom stereocenters. The topological polar surface area (TPSA) is 61.4 Å². The van der Waals surface area contributed by atoms with Crippen LogP contribution in [0.25, 0.3) is 0 Å². The highest BCUT2D eigenvalue weighted by Crippen LogP contribution is 2.19. The SMILES string of the molecule is Cc1ncsc1CNC(=O)N1CCN([C@H](C)c2ccccn2)CC1. The van der Waals surface area contributed by atoms with E-state index in [-0.39, 0.29) is 12.1 Å². The van der Waals surface area contributed by atoms with Gasteiger partial charge in [0.1, 0.15) is 0 Å². The van der Waals surface area contributed by atoms with Gasteiger partial charge in [0, 0.05) is 43.3 Å². The third-order valence-electron chi connectivity index (χ3n) is 4.51. The molecule has 0 unspecified atom stereocenters. The maximum Gasteiger partial charge on any atom is 0.317 e. The Balaban J connectivity index is 1.48. The molecule has 2 aromatic heterocycles. The largest absolute Gasteiger partial charge is 0.333 e. The van der Waals surface area contributed by atoms with E-state index in [0.29, 0.717) is 6.54 Å². The maximum atomic E-state index is 12.3. The van der Waals surface area contributed by atoms with E-state index in [1.807, 2.05) is 35.7 Å². The van der Waals surface area contributed by atoms with Gasteiger partial charge in [0.15, 0.2) is 0 Å². The number of amides is 2. The Kier molecular flexibility index (Phi) is 5.42. The summed E-state index contributed by atoms with van der Waals surface area (Å²) in [4.78, 5) is 26.3. The predicted molar refractivity (Wildman–Crippen MR) is 94.9 cm³/mol. The van der Waals surface area contributed by atoms with Gasteiger partial charge in [-0.15, -0.1) is 11.3 Å². The summed E-state index contributed by atoms with van der Waals surface area (Å²) in [6.07, 6.45) is 1.83. The zero-order chi connectivity index (χ0) is 16.9. The second-order valence-corrected chi connectivity index (χ2v) is 6.91. The molecule has 2 aromatic rings. The molecule has 0 radical (unpaired) electrons. The van der Waals surface area contributed by atoms with Gasteiger partial charge in [-0.3, -0.25) is 9.88 Å². The number of carbonyl (C=O) groups is 1. The third kappa shape index (κ3) is 3.91. The fourth-order valence-corrected chi connectivity index (χ4v) is 3.60. The number of carbonyl (C=O) groups excluding carboxylic acids is 1. The summed E-state index contributed by atoms with van der Waals surface area (Å²) in [5, 5.41) is 3.00. The van der Waals surface area contributed by atoms with Gasteiger partial charge in [0.25, 0.3) is 0 Å². The molecule has 3 heterocycles. The van der Waals surface area contributed by atoms with Gasteiger partial charge in [-0.2, -0.15) is 0 Å². The number of hydrogen-bond donors (Lipinski definition) is 1. The molecule has 0 aromatic carbocycles. The number of nitrogens with zero attached hydrogens (tertiary/aromatic N) is 4. The third-order valence-corrected chi connectivity index (χ3v) is 5.45. The van der Waals surface area contributed by atoms with Crippen molar-refractivity contribution in [2.75, 3.05) is 26.2 Å². The minimum Gasteiger partial charge on any atom is -0.333 e. The van der Waals surface area contributed by atoms with Crippen LogP contribution < -0.4 is 5.32 Å². The summed E-state index contributed by atoms with van der Waals surface area (Å²) in [6.45, 7) is 7.91. The highest BCUT2D eigenvalue weighted by molar-refractivity contribution is 7.09. The van der Waals surface area contributed by atoms with Gasteiger partial charge in [0.2, 0.25) is 0 Å². The van der Waals surface area contributed by atoms with Crippen molar-refractivity contribution in [2.24, 2.45) is 0 Å². The first-order chi connectivity index (χ1) is 11.6. The minimum atomic E-state index is 0.00735. The molecule has 0 bridgehead atoms. The van der Waals surface area contributed by atoms with Crippen molar-refractivity contribution in [1.29, 1.82) is 0 Å². The van der Waals surface area contributed by atoms with E-state index in [0.717, 1.165) is 42.4 Å². The first-order valence-electron chi connectivity index (χ1n) is 8.22. The van der Waals surface area contributed by atoms with E-state index >= 15 is 0 Å². The van der Waals surface area contributed by atoms with E-state index < -0.39 is 0 Å². The van der Waals surface area contributed by atoms with Crippen molar-refractivity contribution in [2.45, 2.75) is 26.4 Å². The van der Waals surface area contributed by atoms with E-state index in [2.05, 4.69) is 33.2 Å². The Morgan fingerprint density at radius 1 is 1.29 bits per heavy atom. The zero-order valence-corrected chi connectivity index (χ0v) is 14.9. The average Bonchev–Trinajstić information content (AvgIpc) is 3.05. The summed E-state index contributed by atoms with van der Waals surface area (Å²) in [6, 6.07) is 6.29. The maximum absolute atomic E-state index is 12.3. The highest BCUT2D eigenvalue weighted by Gasteiger charge is 2.25. The van der Waals surface area contributed by atoms with Crippen LogP contribution in [-0.2, 0) is 6.54 Å². The summed E-state index contributed by atoms with van der Waals surface area (Å²) < 4.78 is 0. The van der Waals surface area contributed by atoms with Gasteiger partial charge < -0.3 is 10.2 Å². The van der Waals surface area contributed by atoms with E-state index in [9.17, 15) is 4.79 Å². The highest BCUT2D eigenvalue weighted by atomic mass is 32.1. The number of urea groups is 1. The lowest BCUT2D eigenvalue weighted by Gasteiger charge is -2.37. The van der Waals surface area contributed by atoms with Crippen molar-refractivity contribution in [3.63, 3.8) is 0 Å². The molecule has 0 saturated carbocycles. The molecular formula is C17H23N5OS. The van der Waals surface area contributed by atoms with Crippen molar-refractivity contribution >= 4 is 17.4 Å². The zero-order valence-electron chi connectivity index (χ0n) is 14.1. The lowest BCUT2D eigenvalue weighted by atomic mass is 10.1. The number of pyridine rings is 1. The quantitative estimate of drug-likeness (QED) is 0.924. The Morgan fingerprint density at radius 3 is 2.71 bits per heavy atom. The van der Waals surface area contributed by atoms with Crippen LogP contribution in [0.15, 0.2) is 29.9 Å². The monoisotopic (exact) mass is 345 g/mol. The molecule has 0 spiro atoms. The standard InChI is InChI=1S/C17H23N5OS/c1-13-16(24-12-20-13)11-19-17(23)22-9-7-21(8-10-22)14(2)15-5-3-4-6-18-15/h3-6,12,14H,7-11H2,1-2H3,(H,19,23)/t14-/m1/s1. The molecule has 3 rings (SSSR count). The lowest BCUT2D eigenvalue weighted by Crippen LogP contribution is -2.52. The second-order valence-electron chi connectivity index (χ2n) is 5.97. The first kappa shape index (κ1) is 16.9.